The maximum absolute atomic E-state index is 12.8. The molecule has 3 aromatic carbocycles. The number of hydrogen-bond acceptors (Lipinski definition) is 4. The number of halogens is 3. The molecule has 3 aromatic rings. The molecule has 1 saturated heterocycles. The van der Waals surface area contributed by atoms with Gasteiger partial charge < -0.3 is 10.1 Å². The van der Waals surface area contributed by atoms with Gasteiger partial charge in [-0.05, 0) is 76.9 Å². The molecular formula is C30H28F3NO3. The molecule has 0 bridgehead atoms. The Morgan fingerprint density at radius 3 is 2.35 bits per heavy atom. The summed E-state index contributed by atoms with van der Waals surface area (Å²) in [6.07, 6.45) is -1.06. The molecule has 0 aromatic heterocycles. The largest absolute Gasteiger partial charge is 0.416 e. The second kappa shape index (κ2) is 9.31. The topological polar surface area (TPSA) is 39.7 Å². The number of anilines is 1. The summed E-state index contributed by atoms with van der Waals surface area (Å²) in [6.45, 7) is 4.63. The maximum Gasteiger partial charge on any atom is 0.416 e. The van der Waals surface area contributed by atoms with Gasteiger partial charge in [0.15, 0.2) is 0 Å². The van der Waals surface area contributed by atoms with Crippen LogP contribution < -0.4 is 5.32 Å². The van der Waals surface area contributed by atoms with Crippen molar-refractivity contribution in [1.29, 1.82) is 0 Å². The molecule has 192 valence electrons. The van der Waals surface area contributed by atoms with E-state index in [1.165, 1.54) is 34.4 Å². The zero-order valence-corrected chi connectivity index (χ0v) is 20.3. The highest BCUT2D eigenvalue weighted by Gasteiger charge is 2.43. The molecule has 1 heterocycles. The molecule has 1 unspecified atom stereocenters. The monoisotopic (exact) mass is 507 g/mol. The van der Waals surface area contributed by atoms with Gasteiger partial charge in [0.05, 0.1) is 12.2 Å². The van der Waals surface area contributed by atoms with Crippen molar-refractivity contribution in [2.24, 2.45) is 0 Å². The number of hydrogen-bond donors (Lipinski definition) is 1. The average Bonchev–Trinajstić information content (AvgIpc) is 3.28. The predicted octanol–water partition coefficient (Wildman–Crippen LogP) is 7.39. The summed E-state index contributed by atoms with van der Waals surface area (Å²) in [7, 11) is 0. The number of benzene rings is 3. The van der Waals surface area contributed by atoms with Crippen LogP contribution in [0.25, 0.3) is 16.7 Å². The third-order valence-corrected chi connectivity index (χ3v) is 7.70. The van der Waals surface area contributed by atoms with Crippen molar-refractivity contribution in [3.63, 3.8) is 0 Å². The van der Waals surface area contributed by atoms with Gasteiger partial charge in [-0.3, -0.25) is 0 Å². The lowest BCUT2D eigenvalue weighted by atomic mass is 9.89. The fourth-order valence-corrected chi connectivity index (χ4v) is 5.54. The average molecular weight is 508 g/mol. The van der Waals surface area contributed by atoms with Crippen molar-refractivity contribution in [2.75, 3.05) is 11.9 Å². The van der Waals surface area contributed by atoms with Crippen LogP contribution in [0.15, 0.2) is 73.3 Å². The summed E-state index contributed by atoms with van der Waals surface area (Å²) in [5.41, 5.74) is 7.05. The first-order chi connectivity index (χ1) is 17.8. The zero-order chi connectivity index (χ0) is 25.6. The van der Waals surface area contributed by atoms with Crippen molar-refractivity contribution < 1.29 is 27.7 Å². The molecule has 2 aliphatic carbocycles. The summed E-state index contributed by atoms with van der Waals surface area (Å²) < 4.78 is 44.6. The standard InChI is InChI=1S/C30H28F3NO3/c1-19(20-6-11-27-22(16-20)17-21-4-2-3-5-26(21)27)28-18-35-29(37-36-28)14-12-25(13-15-29)34-24-9-7-23(8-10-24)30(31,32)33/h2-11,16,25,28,34H,1,12-15,17-18H2. The third-order valence-electron chi connectivity index (χ3n) is 7.70. The zero-order valence-electron chi connectivity index (χ0n) is 20.3. The van der Waals surface area contributed by atoms with Crippen LogP contribution in [0.1, 0.15) is 47.9 Å². The Morgan fingerprint density at radius 1 is 0.919 bits per heavy atom. The summed E-state index contributed by atoms with van der Waals surface area (Å²) in [6, 6.07) is 20.1. The summed E-state index contributed by atoms with van der Waals surface area (Å²) in [5, 5.41) is 3.32. The highest BCUT2D eigenvalue weighted by Crippen LogP contribution is 2.41. The summed E-state index contributed by atoms with van der Waals surface area (Å²) >= 11 is 0. The summed E-state index contributed by atoms with van der Waals surface area (Å²) in [4.78, 5) is 11.6. The van der Waals surface area contributed by atoms with Gasteiger partial charge in [0.2, 0.25) is 5.79 Å². The fraction of sp³-hybridized carbons (Fsp3) is 0.333. The first kappa shape index (κ1) is 24.2. The van der Waals surface area contributed by atoms with Crippen LogP contribution in [0.2, 0.25) is 0 Å². The fourth-order valence-electron chi connectivity index (χ4n) is 5.54. The maximum atomic E-state index is 12.8. The van der Waals surface area contributed by atoms with Gasteiger partial charge >= 0.3 is 6.18 Å². The van der Waals surface area contributed by atoms with Gasteiger partial charge in [0, 0.05) is 24.6 Å². The Balaban J connectivity index is 1.02. The van der Waals surface area contributed by atoms with Gasteiger partial charge in [0.1, 0.15) is 6.10 Å². The van der Waals surface area contributed by atoms with E-state index < -0.39 is 23.6 Å². The molecule has 2 fully saturated rings. The molecule has 1 saturated carbocycles. The molecule has 0 amide bonds. The van der Waals surface area contributed by atoms with E-state index in [0.29, 0.717) is 25.1 Å². The van der Waals surface area contributed by atoms with Crippen molar-refractivity contribution in [1.82, 2.24) is 0 Å². The van der Waals surface area contributed by atoms with Crippen LogP contribution in [-0.2, 0) is 27.1 Å². The molecule has 4 nitrogen and oxygen atoms in total. The van der Waals surface area contributed by atoms with E-state index in [9.17, 15) is 13.2 Å². The van der Waals surface area contributed by atoms with E-state index in [2.05, 4.69) is 54.4 Å². The van der Waals surface area contributed by atoms with E-state index in [4.69, 9.17) is 14.5 Å². The lowest BCUT2D eigenvalue weighted by molar-refractivity contribution is -0.483. The van der Waals surface area contributed by atoms with Gasteiger partial charge in [0.25, 0.3) is 0 Å². The number of ether oxygens (including phenoxy) is 1. The molecule has 3 aliphatic rings. The Hall–Kier alpha value is -3.13. The van der Waals surface area contributed by atoms with Crippen LogP contribution in [-0.4, -0.2) is 24.5 Å². The van der Waals surface area contributed by atoms with Gasteiger partial charge in [-0.25, -0.2) is 9.78 Å². The van der Waals surface area contributed by atoms with Crippen molar-refractivity contribution >= 4 is 11.3 Å². The minimum absolute atomic E-state index is 0.123. The number of fused-ring (bicyclic) bond motifs is 3. The predicted molar refractivity (Wildman–Crippen MR) is 136 cm³/mol. The molecule has 6 rings (SSSR count). The molecule has 1 N–H and O–H groups in total. The van der Waals surface area contributed by atoms with Crippen LogP contribution in [0, 0.1) is 0 Å². The van der Waals surface area contributed by atoms with E-state index in [0.717, 1.165) is 42.5 Å². The first-order valence-corrected chi connectivity index (χ1v) is 12.6. The molecule has 1 aliphatic heterocycles. The van der Waals surface area contributed by atoms with Crippen molar-refractivity contribution in [3.05, 3.63) is 95.6 Å². The highest BCUT2D eigenvalue weighted by atomic mass is 19.4. The summed E-state index contributed by atoms with van der Waals surface area (Å²) in [5.74, 6) is -0.797. The minimum atomic E-state index is -4.33. The second-order valence-electron chi connectivity index (χ2n) is 10.1. The van der Waals surface area contributed by atoms with Crippen LogP contribution >= 0.6 is 0 Å². The number of nitrogens with one attached hydrogen (secondary N) is 1. The molecule has 7 heteroatoms. The second-order valence-corrected chi connectivity index (χ2v) is 10.1. The third kappa shape index (κ3) is 4.79. The van der Waals surface area contributed by atoms with E-state index in [1.54, 1.807) is 0 Å². The first-order valence-electron chi connectivity index (χ1n) is 12.6. The number of alkyl halides is 3. The Kier molecular flexibility index (Phi) is 6.10. The Bertz CT molecular complexity index is 1300. The number of rotatable bonds is 4. The van der Waals surface area contributed by atoms with Gasteiger partial charge in [-0.1, -0.05) is 49.0 Å². The van der Waals surface area contributed by atoms with Crippen LogP contribution in [0.3, 0.4) is 0 Å². The molecular weight excluding hydrogens is 479 g/mol. The Morgan fingerprint density at radius 2 is 1.65 bits per heavy atom. The minimum Gasteiger partial charge on any atom is -0.382 e. The normalized spacial score (nSPS) is 24.9. The highest BCUT2D eigenvalue weighted by molar-refractivity contribution is 5.79. The van der Waals surface area contributed by atoms with Gasteiger partial charge in [-0.15, -0.1) is 0 Å². The van der Waals surface area contributed by atoms with Crippen molar-refractivity contribution in [2.45, 2.75) is 56.2 Å². The van der Waals surface area contributed by atoms with E-state index in [-0.39, 0.29) is 6.04 Å². The van der Waals surface area contributed by atoms with E-state index in [1.807, 2.05) is 0 Å². The van der Waals surface area contributed by atoms with Crippen LogP contribution in [0.5, 0.6) is 0 Å². The SMILES string of the molecule is C=C(c1ccc2c(c1)Cc1ccccc1-2)C1COC2(CCC(Nc3ccc(C(F)(F)F)cc3)CC2)OO1. The Labute approximate surface area is 214 Å². The van der Waals surface area contributed by atoms with Gasteiger partial charge in [-0.2, -0.15) is 13.2 Å². The quantitative estimate of drug-likeness (QED) is 0.293. The smallest absolute Gasteiger partial charge is 0.382 e. The molecule has 37 heavy (non-hydrogen) atoms. The lowest BCUT2D eigenvalue weighted by Gasteiger charge is -2.43. The molecule has 1 spiro atoms. The van der Waals surface area contributed by atoms with E-state index >= 15 is 0 Å². The van der Waals surface area contributed by atoms with Crippen molar-refractivity contribution in [3.8, 4) is 11.1 Å². The van der Waals surface area contributed by atoms with Crippen LogP contribution in [0.4, 0.5) is 18.9 Å². The lowest BCUT2D eigenvalue weighted by Crippen LogP contribution is -2.49. The molecule has 0 radical (unpaired) electrons. The molecule has 1 atom stereocenters.